The molecule has 0 saturated carbocycles. The van der Waals surface area contributed by atoms with E-state index in [0.29, 0.717) is 0 Å². The summed E-state index contributed by atoms with van der Waals surface area (Å²) in [5.74, 6) is 0.130. The van der Waals surface area contributed by atoms with E-state index >= 15 is 0 Å². The number of hydrogen-bond donors (Lipinski definition) is 0. The largest absolute Gasteiger partial charge is 0.334 e. The van der Waals surface area contributed by atoms with Gasteiger partial charge in [-0.1, -0.05) is 24.3 Å². The second-order valence-corrected chi connectivity index (χ2v) is 6.00. The lowest BCUT2D eigenvalue weighted by molar-refractivity contribution is 0.0734. The van der Waals surface area contributed by atoms with E-state index in [1.54, 1.807) is 0 Å². The number of halogens is 1. The Labute approximate surface area is 126 Å². The topological polar surface area (TPSA) is 20.3 Å². The Hall–Kier alpha value is -1.36. The Kier molecular flexibility index (Phi) is 3.55. The summed E-state index contributed by atoms with van der Waals surface area (Å²) in [6.07, 6.45) is 0.951. The number of amides is 1. The maximum atomic E-state index is 12.4. The van der Waals surface area contributed by atoms with Crippen molar-refractivity contribution in [3.05, 3.63) is 68.8 Å². The van der Waals surface area contributed by atoms with Gasteiger partial charge in [0.15, 0.2) is 0 Å². The third-order valence-corrected chi connectivity index (χ3v) is 4.23. The second kappa shape index (κ2) is 5.33. The molecule has 0 aromatic heterocycles. The van der Waals surface area contributed by atoms with Gasteiger partial charge in [-0.2, -0.15) is 0 Å². The van der Waals surface area contributed by atoms with E-state index in [2.05, 4.69) is 40.8 Å². The zero-order chi connectivity index (χ0) is 13.2. The molecular formula is C16H14INO. The Bertz CT molecular complexity index is 606. The summed E-state index contributed by atoms with van der Waals surface area (Å²) in [4.78, 5) is 14.4. The summed E-state index contributed by atoms with van der Waals surface area (Å²) in [5, 5.41) is 0. The van der Waals surface area contributed by atoms with Gasteiger partial charge in [0.1, 0.15) is 0 Å². The maximum Gasteiger partial charge on any atom is 0.254 e. The highest BCUT2D eigenvalue weighted by Crippen LogP contribution is 2.20. The van der Waals surface area contributed by atoms with Gasteiger partial charge in [-0.05, 0) is 64.4 Å². The second-order valence-electron chi connectivity index (χ2n) is 4.75. The molecule has 1 aliphatic heterocycles. The SMILES string of the molecule is O=C(c1ccc(I)cc1)N1CCc2ccccc2C1. The molecule has 0 N–H and O–H groups in total. The molecule has 0 spiro atoms. The number of benzene rings is 2. The van der Waals surface area contributed by atoms with E-state index in [-0.39, 0.29) is 5.91 Å². The molecule has 0 atom stereocenters. The molecule has 1 heterocycles. The van der Waals surface area contributed by atoms with Crippen LogP contribution in [-0.4, -0.2) is 17.4 Å². The zero-order valence-corrected chi connectivity index (χ0v) is 12.6. The van der Waals surface area contributed by atoms with E-state index in [1.165, 1.54) is 11.1 Å². The molecule has 0 bridgehead atoms. The van der Waals surface area contributed by atoms with Crippen molar-refractivity contribution >= 4 is 28.5 Å². The van der Waals surface area contributed by atoms with Gasteiger partial charge in [0.05, 0.1) is 0 Å². The van der Waals surface area contributed by atoms with Crippen LogP contribution in [0.25, 0.3) is 0 Å². The van der Waals surface area contributed by atoms with Crippen LogP contribution in [0.2, 0.25) is 0 Å². The van der Waals surface area contributed by atoms with E-state index in [9.17, 15) is 4.79 Å². The number of rotatable bonds is 1. The average molecular weight is 363 g/mol. The minimum absolute atomic E-state index is 0.130. The minimum Gasteiger partial charge on any atom is -0.334 e. The van der Waals surface area contributed by atoms with Crippen LogP contribution in [-0.2, 0) is 13.0 Å². The van der Waals surface area contributed by atoms with Gasteiger partial charge >= 0.3 is 0 Å². The number of nitrogens with zero attached hydrogens (tertiary/aromatic N) is 1. The molecule has 0 fully saturated rings. The number of fused-ring (bicyclic) bond motifs is 1. The lowest BCUT2D eigenvalue weighted by Crippen LogP contribution is -2.35. The summed E-state index contributed by atoms with van der Waals surface area (Å²) in [6, 6.07) is 16.1. The minimum atomic E-state index is 0.130. The van der Waals surface area contributed by atoms with E-state index < -0.39 is 0 Å². The van der Waals surface area contributed by atoms with E-state index in [4.69, 9.17) is 0 Å². The van der Waals surface area contributed by atoms with Gasteiger partial charge in [0, 0.05) is 22.2 Å². The first-order valence-electron chi connectivity index (χ1n) is 6.35. The average Bonchev–Trinajstić information content (AvgIpc) is 2.47. The van der Waals surface area contributed by atoms with E-state index in [0.717, 1.165) is 28.6 Å². The van der Waals surface area contributed by atoms with Crippen LogP contribution in [0.3, 0.4) is 0 Å². The third-order valence-electron chi connectivity index (χ3n) is 3.51. The van der Waals surface area contributed by atoms with Crippen LogP contribution in [0.5, 0.6) is 0 Å². The van der Waals surface area contributed by atoms with Crippen LogP contribution in [0.4, 0.5) is 0 Å². The molecule has 2 aromatic carbocycles. The first-order valence-corrected chi connectivity index (χ1v) is 7.43. The van der Waals surface area contributed by atoms with Gasteiger partial charge < -0.3 is 4.90 Å². The molecular weight excluding hydrogens is 349 g/mol. The van der Waals surface area contributed by atoms with Crippen molar-refractivity contribution in [3.8, 4) is 0 Å². The molecule has 0 unspecified atom stereocenters. The maximum absolute atomic E-state index is 12.4. The summed E-state index contributed by atoms with van der Waals surface area (Å²) in [5.41, 5.74) is 3.42. The highest BCUT2D eigenvalue weighted by Gasteiger charge is 2.21. The van der Waals surface area contributed by atoms with Crippen molar-refractivity contribution in [2.45, 2.75) is 13.0 Å². The van der Waals surface area contributed by atoms with Crippen LogP contribution in [0.1, 0.15) is 21.5 Å². The molecule has 0 aliphatic carbocycles. The molecule has 0 radical (unpaired) electrons. The normalized spacial score (nSPS) is 14.1. The first kappa shape index (κ1) is 12.7. The molecule has 2 aromatic rings. The van der Waals surface area contributed by atoms with Gasteiger partial charge in [0.2, 0.25) is 0 Å². The highest BCUT2D eigenvalue weighted by molar-refractivity contribution is 14.1. The zero-order valence-electron chi connectivity index (χ0n) is 10.5. The fourth-order valence-electron chi connectivity index (χ4n) is 2.44. The van der Waals surface area contributed by atoms with Crippen molar-refractivity contribution in [1.29, 1.82) is 0 Å². The van der Waals surface area contributed by atoms with E-state index in [1.807, 2.05) is 35.2 Å². The fraction of sp³-hybridized carbons (Fsp3) is 0.188. The molecule has 96 valence electrons. The Balaban J connectivity index is 1.81. The van der Waals surface area contributed by atoms with Crippen LogP contribution in [0.15, 0.2) is 48.5 Å². The van der Waals surface area contributed by atoms with Crippen molar-refractivity contribution in [3.63, 3.8) is 0 Å². The first-order chi connectivity index (χ1) is 9.24. The monoisotopic (exact) mass is 363 g/mol. The van der Waals surface area contributed by atoms with Crippen molar-refractivity contribution < 1.29 is 4.79 Å². The highest BCUT2D eigenvalue weighted by atomic mass is 127. The molecule has 1 aliphatic rings. The Morgan fingerprint density at radius 3 is 2.42 bits per heavy atom. The molecule has 0 saturated heterocycles. The molecule has 1 amide bonds. The summed E-state index contributed by atoms with van der Waals surface area (Å²) in [7, 11) is 0. The predicted octanol–water partition coefficient (Wildman–Crippen LogP) is 3.49. The van der Waals surface area contributed by atoms with Gasteiger partial charge in [-0.25, -0.2) is 0 Å². The van der Waals surface area contributed by atoms with Gasteiger partial charge in [0.25, 0.3) is 5.91 Å². The van der Waals surface area contributed by atoms with Gasteiger partial charge in [-0.3, -0.25) is 4.79 Å². The van der Waals surface area contributed by atoms with Crippen LogP contribution < -0.4 is 0 Å². The quantitative estimate of drug-likeness (QED) is 0.711. The number of hydrogen-bond acceptors (Lipinski definition) is 1. The fourth-order valence-corrected chi connectivity index (χ4v) is 2.80. The van der Waals surface area contributed by atoms with Crippen LogP contribution >= 0.6 is 22.6 Å². The van der Waals surface area contributed by atoms with Crippen molar-refractivity contribution in [1.82, 2.24) is 4.90 Å². The van der Waals surface area contributed by atoms with Crippen molar-refractivity contribution in [2.24, 2.45) is 0 Å². The Morgan fingerprint density at radius 1 is 1.00 bits per heavy atom. The summed E-state index contributed by atoms with van der Waals surface area (Å²) in [6.45, 7) is 1.53. The molecule has 19 heavy (non-hydrogen) atoms. The lowest BCUT2D eigenvalue weighted by Gasteiger charge is -2.29. The summed E-state index contributed by atoms with van der Waals surface area (Å²) >= 11 is 2.25. The standard InChI is InChI=1S/C16H14INO/c17-15-7-5-13(6-8-15)16(19)18-10-9-12-3-1-2-4-14(12)11-18/h1-8H,9-11H2. The Morgan fingerprint density at radius 2 is 1.68 bits per heavy atom. The third kappa shape index (κ3) is 2.66. The molecule has 3 heteroatoms. The predicted molar refractivity (Wildman–Crippen MR) is 84.0 cm³/mol. The smallest absolute Gasteiger partial charge is 0.254 e. The lowest BCUT2D eigenvalue weighted by atomic mass is 9.99. The number of carbonyl (C=O) groups is 1. The number of carbonyl (C=O) groups excluding carboxylic acids is 1. The van der Waals surface area contributed by atoms with Gasteiger partial charge in [-0.15, -0.1) is 0 Å². The molecule has 3 rings (SSSR count). The molecule has 2 nitrogen and oxygen atoms in total. The van der Waals surface area contributed by atoms with Crippen molar-refractivity contribution in [2.75, 3.05) is 6.54 Å². The van der Waals surface area contributed by atoms with Crippen LogP contribution in [0, 0.1) is 3.57 Å². The summed E-state index contributed by atoms with van der Waals surface area (Å²) < 4.78 is 1.15.